The Labute approximate surface area is 146 Å². The highest BCUT2D eigenvalue weighted by atomic mass is 19.1. The Bertz CT molecular complexity index is 796. The van der Waals surface area contributed by atoms with Crippen LogP contribution < -0.4 is 20.1 Å². The Morgan fingerprint density at radius 3 is 2.72 bits per heavy atom. The van der Waals surface area contributed by atoms with Crippen LogP contribution in [-0.4, -0.2) is 44.5 Å². The Morgan fingerprint density at radius 2 is 1.96 bits per heavy atom. The van der Waals surface area contributed by atoms with Gasteiger partial charge in [0.2, 0.25) is 0 Å². The van der Waals surface area contributed by atoms with Gasteiger partial charge in [-0.15, -0.1) is 0 Å². The van der Waals surface area contributed by atoms with E-state index in [-0.39, 0.29) is 6.04 Å². The number of hydrogen-bond donors (Lipinski definition) is 2. The summed E-state index contributed by atoms with van der Waals surface area (Å²) in [7, 11) is 3.27. The maximum Gasteiger partial charge on any atom is 0.162 e. The topological polar surface area (TPSA) is 55.4 Å². The summed E-state index contributed by atoms with van der Waals surface area (Å²) in [6.45, 7) is 1.21. The van der Waals surface area contributed by atoms with E-state index in [4.69, 9.17) is 14.5 Å². The van der Waals surface area contributed by atoms with Crippen LogP contribution in [0.4, 0.5) is 10.1 Å². The summed E-state index contributed by atoms with van der Waals surface area (Å²) in [5.74, 6) is 1.36. The number of ether oxygens (including phenoxy) is 2. The summed E-state index contributed by atoms with van der Waals surface area (Å²) in [6, 6.07) is 3.98. The van der Waals surface area contributed by atoms with Gasteiger partial charge in [0.15, 0.2) is 11.5 Å². The first-order chi connectivity index (χ1) is 12.2. The van der Waals surface area contributed by atoms with Gasteiger partial charge in [-0.25, -0.2) is 4.39 Å². The van der Waals surface area contributed by atoms with E-state index in [0.717, 1.165) is 48.1 Å². The van der Waals surface area contributed by atoms with E-state index in [1.54, 1.807) is 14.2 Å². The second-order valence-electron chi connectivity index (χ2n) is 6.82. The first kappa shape index (κ1) is 16.4. The lowest BCUT2D eigenvalue weighted by Gasteiger charge is -2.29. The van der Waals surface area contributed by atoms with Crippen molar-refractivity contribution in [3.63, 3.8) is 0 Å². The molecule has 2 aromatic rings. The van der Waals surface area contributed by atoms with Crippen molar-refractivity contribution in [1.82, 2.24) is 10.3 Å². The van der Waals surface area contributed by atoms with Gasteiger partial charge in [-0.05, 0) is 30.9 Å². The molecule has 2 atom stereocenters. The van der Waals surface area contributed by atoms with Crippen LogP contribution in [0.3, 0.4) is 0 Å². The summed E-state index contributed by atoms with van der Waals surface area (Å²) < 4.78 is 24.7. The predicted octanol–water partition coefficient (Wildman–Crippen LogP) is 2.85. The first-order valence-corrected chi connectivity index (χ1v) is 8.88. The molecule has 2 unspecified atom stereocenters. The number of hydrogen-bond acceptors (Lipinski definition) is 5. The average molecular weight is 345 g/mol. The molecule has 2 heterocycles. The molecule has 1 aliphatic heterocycles. The summed E-state index contributed by atoms with van der Waals surface area (Å²) in [4.78, 5) is 4.84. The number of pyridine rings is 1. The minimum Gasteiger partial charge on any atom is -0.493 e. The maximum absolute atomic E-state index is 13.8. The number of piperidine rings is 1. The van der Waals surface area contributed by atoms with E-state index >= 15 is 0 Å². The molecule has 0 saturated carbocycles. The number of methoxy groups -OCH3 is 2. The van der Waals surface area contributed by atoms with E-state index in [2.05, 4.69) is 10.6 Å². The van der Waals surface area contributed by atoms with Crippen LogP contribution in [0.25, 0.3) is 10.9 Å². The summed E-state index contributed by atoms with van der Waals surface area (Å²) >= 11 is 0. The van der Waals surface area contributed by atoms with Crippen LogP contribution in [-0.2, 0) is 12.8 Å². The molecule has 0 spiro atoms. The average Bonchev–Trinajstić information content (AvgIpc) is 3.08. The Morgan fingerprint density at radius 1 is 1.16 bits per heavy atom. The van der Waals surface area contributed by atoms with E-state index in [0.29, 0.717) is 24.5 Å². The number of rotatable bonds is 4. The van der Waals surface area contributed by atoms with Crippen molar-refractivity contribution in [3.05, 3.63) is 23.4 Å². The van der Waals surface area contributed by atoms with E-state index < -0.39 is 6.17 Å². The molecule has 4 rings (SSSR count). The van der Waals surface area contributed by atoms with E-state index in [9.17, 15) is 4.39 Å². The minimum absolute atomic E-state index is 0.0761. The van der Waals surface area contributed by atoms with Gasteiger partial charge in [0.1, 0.15) is 6.17 Å². The first-order valence-electron chi connectivity index (χ1n) is 8.88. The van der Waals surface area contributed by atoms with Gasteiger partial charge in [-0.2, -0.15) is 0 Å². The largest absolute Gasteiger partial charge is 0.493 e. The highest BCUT2D eigenvalue weighted by molar-refractivity contribution is 5.96. The van der Waals surface area contributed by atoms with Crippen LogP contribution in [0.1, 0.15) is 24.1 Å². The fourth-order valence-electron chi connectivity index (χ4n) is 3.96. The SMILES string of the molecule is COc1cc2nc3c(c(NC4CNCC(F)C4)c2cc1OC)CCC3. The number of fused-ring (bicyclic) bond motifs is 2. The number of aryl methyl sites for hydroxylation is 1. The molecule has 0 amide bonds. The molecular formula is C19H24FN3O2. The second kappa shape index (κ2) is 6.67. The second-order valence-corrected chi connectivity index (χ2v) is 6.82. The zero-order valence-corrected chi connectivity index (χ0v) is 14.7. The lowest BCUT2D eigenvalue weighted by molar-refractivity contribution is 0.255. The molecule has 1 aliphatic carbocycles. The smallest absolute Gasteiger partial charge is 0.162 e. The fraction of sp³-hybridized carbons (Fsp3) is 0.526. The lowest BCUT2D eigenvalue weighted by atomic mass is 10.0. The maximum atomic E-state index is 13.8. The van der Waals surface area contributed by atoms with Crippen molar-refractivity contribution in [2.24, 2.45) is 0 Å². The molecule has 25 heavy (non-hydrogen) atoms. The van der Waals surface area contributed by atoms with Crippen LogP contribution in [0.15, 0.2) is 12.1 Å². The van der Waals surface area contributed by atoms with Crippen LogP contribution in [0.2, 0.25) is 0 Å². The molecule has 1 aromatic carbocycles. The molecule has 1 aromatic heterocycles. The number of benzene rings is 1. The molecule has 0 bridgehead atoms. The van der Waals surface area contributed by atoms with Crippen LogP contribution in [0, 0.1) is 0 Å². The van der Waals surface area contributed by atoms with Gasteiger partial charge < -0.3 is 20.1 Å². The van der Waals surface area contributed by atoms with Gasteiger partial charge in [0.25, 0.3) is 0 Å². The number of nitrogens with zero attached hydrogens (tertiary/aromatic N) is 1. The number of nitrogens with one attached hydrogen (secondary N) is 2. The highest BCUT2D eigenvalue weighted by Gasteiger charge is 2.26. The lowest BCUT2D eigenvalue weighted by Crippen LogP contribution is -2.44. The molecule has 2 N–H and O–H groups in total. The van der Waals surface area contributed by atoms with Gasteiger partial charge in [-0.1, -0.05) is 0 Å². The Kier molecular flexibility index (Phi) is 4.37. The number of anilines is 1. The predicted molar refractivity (Wildman–Crippen MR) is 96.7 cm³/mol. The molecule has 5 nitrogen and oxygen atoms in total. The Hall–Kier alpha value is -2.08. The summed E-state index contributed by atoms with van der Waals surface area (Å²) in [6.07, 6.45) is 2.83. The fourth-order valence-corrected chi connectivity index (χ4v) is 3.96. The molecule has 6 heteroatoms. The van der Waals surface area contributed by atoms with E-state index in [1.807, 2.05) is 12.1 Å². The minimum atomic E-state index is -0.804. The third-order valence-electron chi connectivity index (χ3n) is 5.16. The zero-order valence-electron chi connectivity index (χ0n) is 14.7. The van der Waals surface area contributed by atoms with Crippen molar-refractivity contribution in [1.29, 1.82) is 0 Å². The van der Waals surface area contributed by atoms with Crippen molar-refractivity contribution in [2.75, 3.05) is 32.6 Å². The molecule has 1 saturated heterocycles. The van der Waals surface area contributed by atoms with Gasteiger partial charge >= 0.3 is 0 Å². The molecule has 134 valence electrons. The zero-order chi connectivity index (χ0) is 17.4. The molecular weight excluding hydrogens is 321 g/mol. The van der Waals surface area contributed by atoms with Crippen molar-refractivity contribution in [3.8, 4) is 11.5 Å². The molecule has 0 radical (unpaired) electrons. The number of aromatic nitrogens is 1. The third kappa shape index (κ3) is 2.99. The quantitative estimate of drug-likeness (QED) is 0.892. The van der Waals surface area contributed by atoms with Crippen LogP contribution in [0.5, 0.6) is 11.5 Å². The van der Waals surface area contributed by atoms with Gasteiger partial charge in [0.05, 0.1) is 19.7 Å². The van der Waals surface area contributed by atoms with Crippen LogP contribution >= 0.6 is 0 Å². The highest BCUT2D eigenvalue weighted by Crippen LogP contribution is 2.40. The number of alkyl halides is 1. The van der Waals surface area contributed by atoms with Crippen molar-refractivity contribution < 1.29 is 13.9 Å². The van der Waals surface area contributed by atoms with Crippen molar-refractivity contribution in [2.45, 2.75) is 37.9 Å². The normalized spacial score (nSPS) is 22.7. The Balaban J connectivity index is 1.82. The summed E-state index contributed by atoms with van der Waals surface area (Å²) in [5, 5.41) is 7.78. The standard InChI is InChI=1S/C19H24FN3O2/c1-24-17-7-14-16(8-18(17)25-2)23-15-5-3-4-13(15)19(14)22-12-6-11(20)9-21-10-12/h7-8,11-12,21H,3-6,9-10H2,1-2H3,(H,22,23). The van der Waals surface area contributed by atoms with E-state index in [1.165, 1.54) is 5.56 Å². The summed E-state index contributed by atoms with van der Waals surface area (Å²) in [5.41, 5.74) is 4.38. The molecule has 2 aliphatic rings. The molecule has 1 fully saturated rings. The number of halogens is 1. The van der Waals surface area contributed by atoms with Gasteiger partial charge in [0, 0.05) is 48.4 Å². The van der Waals surface area contributed by atoms with Crippen molar-refractivity contribution >= 4 is 16.6 Å². The monoisotopic (exact) mass is 345 g/mol. The van der Waals surface area contributed by atoms with Gasteiger partial charge in [-0.3, -0.25) is 4.98 Å². The third-order valence-corrected chi connectivity index (χ3v) is 5.16.